The fraction of sp³-hybridized carbons (Fsp3) is 0.111. The fourth-order valence-corrected chi connectivity index (χ4v) is 3.92. The molecule has 3 rings (SSSR count). The highest BCUT2D eigenvalue weighted by atomic mass is 35.5. The normalized spacial score (nSPS) is 11.4. The molecular formula is C18H12ClF3N2O2S. The second-order valence-electron chi connectivity index (χ2n) is 5.63. The molecule has 0 radical (unpaired) electrons. The Morgan fingerprint density at radius 2 is 1.78 bits per heavy atom. The van der Waals surface area contributed by atoms with Crippen molar-refractivity contribution in [2.45, 2.75) is 13.1 Å². The number of alkyl halides is 3. The van der Waals surface area contributed by atoms with E-state index in [1.165, 1.54) is 13.0 Å². The van der Waals surface area contributed by atoms with Crippen LogP contribution in [0.25, 0.3) is 10.1 Å². The van der Waals surface area contributed by atoms with Crippen LogP contribution >= 0.6 is 22.9 Å². The van der Waals surface area contributed by atoms with Crippen LogP contribution in [0.1, 0.15) is 22.2 Å². The van der Waals surface area contributed by atoms with Crippen molar-refractivity contribution in [1.82, 2.24) is 0 Å². The summed E-state index contributed by atoms with van der Waals surface area (Å²) in [6, 6.07) is 10.2. The number of rotatable bonds is 3. The Morgan fingerprint density at radius 1 is 1.07 bits per heavy atom. The molecule has 140 valence electrons. The number of thiophene rings is 1. The van der Waals surface area contributed by atoms with E-state index in [9.17, 15) is 22.8 Å². The summed E-state index contributed by atoms with van der Waals surface area (Å²) in [5.41, 5.74) is -1.51. The van der Waals surface area contributed by atoms with Crippen molar-refractivity contribution < 1.29 is 22.8 Å². The summed E-state index contributed by atoms with van der Waals surface area (Å²) in [4.78, 5) is 23.7. The molecule has 0 fully saturated rings. The average molecular weight is 413 g/mol. The van der Waals surface area contributed by atoms with E-state index in [0.717, 1.165) is 28.2 Å². The van der Waals surface area contributed by atoms with E-state index in [1.807, 2.05) is 0 Å². The third-order valence-electron chi connectivity index (χ3n) is 3.63. The van der Waals surface area contributed by atoms with E-state index in [2.05, 4.69) is 10.6 Å². The fourth-order valence-electron chi connectivity index (χ4n) is 2.51. The lowest BCUT2D eigenvalue weighted by Crippen LogP contribution is -2.17. The van der Waals surface area contributed by atoms with Gasteiger partial charge in [-0.15, -0.1) is 11.3 Å². The molecule has 2 amide bonds. The lowest BCUT2D eigenvalue weighted by molar-refractivity contribution is -0.137. The van der Waals surface area contributed by atoms with E-state index in [1.54, 1.807) is 24.3 Å². The molecule has 3 aromatic rings. The lowest BCUT2D eigenvalue weighted by atomic mass is 10.1. The van der Waals surface area contributed by atoms with Crippen LogP contribution in [0.5, 0.6) is 0 Å². The summed E-state index contributed by atoms with van der Waals surface area (Å²) >= 11 is 7.30. The van der Waals surface area contributed by atoms with Crippen molar-refractivity contribution in [3.05, 3.63) is 57.9 Å². The highest BCUT2D eigenvalue weighted by Gasteiger charge is 2.34. The van der Waals surface area contributed by atoms with Gasteiger partial charge < -0.3 is 10.6 Å². The number of hydrogen-bond acceptors (Lipinski definition) is 3. The molecule has 0 aliphatic heterocycles. The smallest absolute Gasteiger partial charge is 0.326 e. The molecule has 27 heavy (non-hydrogen) atoms. The number of amides is 2. The van der Waals surface area contributed by atoms with Gasteiger partial charge in [0.2, 0.25) is 5.91 Å². The van der Waals surface area contributed by atoms with Crippen LogP contribution in [-0.4, -0.2) is 11.8 Å². The van der Waals surface area contributed by atoms with Gasteiger partial charge in [-0.25, -0.2) is 0 Å². The van der Waals surface area contributed by atoms with E-state index < -0.39 is 29.2 Å². The number of benzene rings is 2. The van der Waals surface area contributed by atoms with Crippen LogP contribution < -0.4 is 10.6 Å². The Hall–Kier alpha value is -2.58. The molecule has 0 atom stereocenters. The molecule has 0 spiro atoms. The van der Waals surface area contributed by atoms with Crippen molar-refractivity contribution in [2.75, 3.05) is 10.6 Å². The van der Waals surface area contributed by atoms with Gasteiger partial charge in [0.25, 0.3) is 5.91 Å². The van der Waals surface area contributed by atoms with Crippen LogP contribution in [0, 0.1) is 0 Å². The zero-order valence-corrected chi connectivity index (χ0v) is 15.4. The Morgan fingerprint density at radius 3 is 2.41 bits per heavy atom. The van der Waals surface area contributed by atoms with Gasteiger partial charge in [0.15, 0.2) is 0 Å². The molecule has 2 aromatic carbocycles. The van der Waals surface area contributed by atoms with Gasteiger partial charge in [0, 0.05) is 22.7 Å². The summed E-state index contributed by atoms with van der Waals surface area (Å²) < 4.78 is 40.9. The highest BCUT2D eigenvalue weighted by Crippen LogP contribution is 2.39. The monoisotopic (exact) mass is 412 g/mol. The van der Waals surface area contributed by atoms with E-state index in [4.69, 9.17) is 11.6 Å². The molecule has 2 N–H and O–H groups in total. The number of carbonyl (C=O) groups is 2. The van der Waals surface area contributed by atoms with Gasteiger partial charge in [-0.3, -0.25) is 9.59 Å². The number of halogens is 4. The highest BCUT2D eigenvalue weighted by molar-refractivity contribution is 7.21. The molecule has 9 heteroatoms. The second-order valence-corrected chi connectivity index (χ2v) is 7.06. The van der Waals surface area contributed by atoms with Crippen LogP contribution in [0.2, 0.25) is 5.02 Å². The van der Waals surface area contributed by atoms with Gasteiger partial charge in [0.05, 0.1) is 16.3 Å². The minimum Gasteiger partial charge on any atom is -0.326 e. The van der Waals surface area contributed by atoms with Crippen molar-refractivity contribution in [3.63, 3.8) is 0 Å². The third kappa shape index (κ3) is 4.06. The van der Waals surface area contributed by atoms with Gasteiger partial charge >= 0.3 is 6.18 Å². The first-order chi connectivity index (χ1) is 12.7. The third-order valence-corrected chi connectivity index (χ3v) is 5.31. The van der Waals surface area contributed by atoms with Gasteiger partial charge in [-0.05, 0) is 24.3 Å². The number of fused-ring (bicyclic) bond motifs is 1. The van der Waals surface area contributed by atoms with Crippen molar-refractivity contribution in [2.24, 2.45) is 0 Å². The zero-order chi connectivity index (χ0) is 19.8. The van der Waals surface area contributed by atoms with Crippen molar-refractivity contribution >= 4 is 56.2 Å². The predicted molar refractivity (Wildman–Crippen MR) is 101 cm³/mol. The average Bonchev–Trinajstić information content (AvgIpc) is 2.92. The molecular weight excluding hydrogens is 401 g/mol. The van der Waals surface area contributed by atoms with Crippen LogP contribution in [-0.2, 0) is 11.0 Å². The standard InChI is InChI=1S/C18H12ClF3N2O2S/c1-9(25)23-10-6-7-13(12(8-10)18(20,21)22)24-17(26)16-15(19)11-4-2-3-5-14(11)27-16/h2-8H,1H3,(H,23,25)(H,24,26). The molecule has 0 saturated carbocycles. The number of anilines is 2. The molecule has 0 aliphatic rings. The second kappa shape index (κ2) is 7.21. The number of nitrogens with one attached hydrogen (secondary N) is 2. The van der Waals surface area contributed by atoms with Gasteiger partial charge in [-0.2, -0.15) is 13.2 Å². The molecule has 0 bridgehead atoms. The number of hydrogen-bond donors (Lipinski definition) is 2. The maximum Gasteiger partial charge on any atom is 0.418 e. The first-order valence-electron chi connectivity index (χ1n) is 7.64. The molecule has 0 aliphatic carbocycles. The molecule has 0 saturated heterocycles. The topological polar surface area (TPSA) is 58.2 Å². The minimum absolute atomic E-state index is 0.0206. The van der Waals surface area contributed by atoms with Crippen LogP contribution in [0.3, 0.4) is 0 Å². The van der Waals surface area contributed by atoms with Crippen molar-refractivity contribution in [3.8, 4) is 0 Å². The van der Waals surface area contributed by atoms with E-state index in [0.29, 0.717) is 5.39 Å². The quantitative estimate of drug-likeness (QED) is 0.572. The molecule has 4 nitrogen and oxygen atoms in total. The summed E-state index contributed by atoms with van der Waals surface area (Å²) in [6.45, 7) is 1.19. The van der Waals surface area contributed by atoms with E-state index >= 15 is 0 Å². The summed E-state index contributed by atoms with van der Waals surface area (Å²) in [6.07, 6.45) is -4.72. The minimum atomic E-state index is -4.72. The molecule has 1 heterocycles. The summed E-state index contributed by atoms with van der Waals surface area (Å²) in [7, 11) is 0. The molecule has 0 unspecified atom stereocenters. The van der Waals surface area contributed by atoms with Gasteiger partial charge in [-0.1, -0.05) is 29.8 Å². The Kier molecular flexibility index (Phi) is 5.12. The summed E-state index contributed by atoms with van der Waals surface area (Å²) in [5, 5.41) is 5.41. The SMILES string of the molecule is CC(=O)Nc1ccc(NC(=O)c2sc3ccccc3c2Cl)c(C(F)(F)F)c1. The largest absolute Gasteiger partial charge is 0.418 e. The van der Waals surface area contributed by atoms with Crippen LogP contribution in [0.4, 0.5) is 24.5 Å². The maximum atomic E-state index is 13.4. The first-order valence-corrected chi connectivity index (χ1v) is 8.83. The lowest BCUT2D eigenvalue weighted by Gasteiger charge is -2.15. The Bertz CT molecular complexity index is 1050. The van der Waals surface area contributed by atoms with Gasteiger partial charge in [0.1, 0.15) is 4.88 Å². The maximum absolute atomic E-state index is 13.4. The van der Waals surface area contributed by atoms with E-state index in [-0.39, 0.29) is 15.6 Å². The van der Waals surface area contributed by atoms with Crippen molar-refractivity contribution in [1.29, 1.82) is 0 Å². The zero-order valence-electron chi connectivity index (χ0n) is 13.8. The molecule has 1 aromatic heterocycles. The first kappa shape index (κ1) is 19.2. The summed E-state index contributed by atoms with van der Waals surface area (Å²) in [5.74, 6) is -1.24. The predicted octanol–water partition coefficient (Wildman–Crippen LogP) is 5.78. The Balaban J connectivity index is 1.97. The Labute approximate surface area is 160 Å². The van der Waals surface area contributed by atoms with Crippen LogP contribution in [0.15, 0.2) is 42.5 Å². The number of carbonyl (C=O) groups excluding carboxylic acids is 2.